The Labute approximate surface area is 184 Å². The topological polar surface area (TPSA) is 43.7 Å². The monoisotopic (exact) mass is 420 g/mol. The van der Waals surface area contributed by atoms with Crippen molar-refractivity contribution in [2.75, 3.05) is 33.9 Å². The maximum Gasteiger partial charge on any atom is 0.337 e. The minimum absolute atomic E-state index is 0.298. The first kappa shape index (κ1) is 21.6. The fourth-order valence-electron chi connectivity index (χ4n) is 4.89. The SMILES string of the molecule is COC[C@@H]1CCCN1CCn1c(C)c(Cc2ccc(C(=O)OC)cc2)c2ccccc21. The van der Waals surface area contributed by atoms with Crippen molar-refractivity contribution in [1.82, 2.24) is 9.47 Å². The van der Waals surface area contributed by atoms with Gasteiger partial charge in [-0.1, -0.05) is 30.3 Å². The minimum Gasteiger partial charge on any atom is -0.465 e. The van der Waals surface area contributed by atoms with E-state index in [1.165, 1.54) is 47.7 Å². The third kappa shape index (κ3) is 4.53. The number of hydrogen-bond donors (Lipinski definition) is 0. The molecule has 0 unspecified atom stereocenters. The molecule has 0 radical (unpaired) electrons. The van der Waals surface area contributed by atoms with Crippen molar-refractivity contribution in [3.63, 3.8) is 0 Å². The van der Waals surface area contributed by atoms with Gasteiger partial charge in [0.05, 0.1) is 19.3 Å². The van der Waals surface area contributed by atoms with Crippen LogP contribution in [0.4, 0.5) is 0 Å². The van der Waals surface area contributed by atoms with E-state index >= 15 is 0 Å². The number of aromatic nitrogens is 1. The van der Waals surface area contributed by atoms with Crippen LogP contribution in [0.1, 0.15) is 40.0 Å². The second kappa shape index (κ2) is 9.67. The summed E-state index contributed by atoms with van der Waals surface area (Å²) in [5.41, 5.74) is 5.75. The largest absolute Gasteiger partial charge is 0.465 e. The summed E-state index contributed by atoms with van der Waals surface area (Å²) in [6, 6.07) is 17.0. The summed E-state index contributed by atoms with van der Waals surface area (Å²) >= 11 is 0. The van der Waals surface area contributed by atoms with E-state index in [1.54, 1.807) is 7.11 Å². The van der Waals surface area contributed by atoms with Gasteiger partial charge in [-0.2, -0.15) is 0 Å². The van der Waals surface area contributed by atoms with Crippen LogP contribution >= 0.6 is 0 Å². The number of likely N-dealkylation sites (tertiary alicyclic amines) is 1. The van der Waals surface area contributed by atoms with Crippen molar-refractivity contribution < 1.29 is 14.3 Å². The zero-order chi connectivity index (χ0) is 21.8. The van der Waals surface area contributed by atoms with E-state index in [2.05, 4.69) is 40.7 Å². The van der Waals surface area contributed by atoms with Gasteiger partial charge in [0, 0.05) is 42.8 Å². The lowest BCUT2D eigenvalue weighted by molar-refractivity contribution is 0.0600. The van der Waals surface area contributed by atoms with Crippen molar-refractivity contribution in [3.05, 3.63) is 70.9 Å². The molecule has 0 saturated carbocycles. The van der Waals surface area contributed by atoms with Crippen molar-refractivity contribution in [1.29, 1.82) is 0 Å². The van der Waals surface area contributed by atoms with Gasteiger partial charge in [-0.15, -0.1) is 0 Å². The molecule has 0 amide bonds. The number of carbonyl (C=O) groups excluding carboxylic acids is 1. The first-order valence-corrected chi connectivity index (χ1v) is 11.1. The average molecular weight is 421 g/mol. The number of para-hydroxylation sites is 1. The Balaban J connectivity index is 1.57. The molecule has 31 heavy (non-hydrogen) atoms. The van der Waals surface area contributed by atoms with Gasteiger partial charge in [0.2, 0.25) is 0 Å². The molecule has 164 valence electrons. The second-order valence-electron chi connectivity index (χ2n) is 8.39. The molecule has 2 aromatic carbocycles. The first-order chi connectivity index (χ1) is 15.1. The maximum absolute atomic E-state index is 11.7. The highest BCUT2D eigenvalue weighted by molar-refractivity contribution is 5.89. The molecule has 1 saturated heterocycles. The van der Waals surface area contributed by atoms with E-state index in [0.717, 1.165) is 32.7 Å². The molecular formula is C26H32N2O3. The van der Waals surface area contributed by atoms with E-state index < -0.39 is 0 Å². The second-order valence-corrected chi connectivity index (χ2v) is 8.39. The molecule has 1 aliphatic heterocycles. The average Bonchev–Trinajstić information content (AvgIpc) is 3.35. The van der Waals surface area contributed by atoms with E-state index in [1.807, 2.05) is 24.3 Å². The fraction of sp³-hybridized carbons (Fsp3) is 0.423. The zero-order valence-corrected chi connectivity index (χ0v) is 18.8. The minimum atomic E-state index is -0.298. The molecule has 1 aliphatic rings. The van der Waals surface area contributed by atoms with Gasteiger partial charge < -0.3 is 14.0 Å². The molecule has 5 heteroatoms. The third-order valence-corrected chi connectivity index (χ3v) is 6.59. The van der Waals surface area contributed by atoms with Crippen molar-refractivity contribution in [2.45, 2.75) is 38.8 Å². The Kier molecular flexibility index (Phi) is 6.73. The van der Waals surface area contributed by atoms with Gasteiger partial charge in [0.1, 0.15) is 0 Å². The zero-order valence-electron chi connectivity index (χ0n) is 18.8. The van der Waals surface area contributed by atoms with Crippen LogP contribution in [0.5, 0.6) is 0 Å². The fourth-order valence-corrected chi connectivity index (χ4v) is 4.89. The first-order valence-electron chi connectivity index (χ1n) is 11.1. The standard InChI is InChI=1S/C26H32N2O3/c1-19-24(17-20-10-12-21(13-11-20)26(29)31-3)23-8-4-5-9-25(23)28(19)16-15-27-14-6-7-22(27)18-30-2/h4-5,8-13,22H,6-7,14-18H2,1-3H3/t22-/m0/s1. The van der Waals surface area contributed by atoms with Gasteiger partial charge in [0.25, 0.3) is 0 Å². The molecule has 4 rings (SSSR count). The van der Waals surface area contributed by atoms with Gasteiger partial charge in [-0.25, -0.2) is 4.79 Å². The number of fused-ring (bicyclic) bond motifs is 1. The number of rotatable bonds is 8. The molecule has 3 aromatic rings. The number of ether oxygens (including phenoxy) is 2. The van der Waals surface area contributed by atoms with Gasteiger partial charge in [0.15, 0.2) is 0 Å². The van der Waals surface area contributed by atoms with Crippen LogP contribution in [0, 0.1) is 6.92 Å². The molecular weight excluding hydrogens is 388 g/mol. The normalized spacial score (nSPS) is 16.8. The van der Waals surface area contributed by atoms with Crippen molar-refractivity contribution in [2.24, 2.45) is 0 Å². The summed E-state index contributed by atoms with van der Waals surface area (Å²) in [5, 5.41) is 1.31. The summed E-state index contributed by atoms with van der Waals surface area (Å²) < 4.78 is 12.7. The molecule has 1 aromatic heterocycles. The molecule has 1 fully saturated rings. The third-order valence-electron chi connectivity index (χ3n) is 6.59. The Morgan fingerprint density at radius 2 is 1.84 bits per heavy atom. The Bertz CT molecular complexity index is 1040. The van der Waals surface area contributed by atoms with E-state index in [0.29, 0.717) is 11.6 Å². The van der Waals surface area contributed by atoms with Crippen LogP contribution < -0.4 is 0 Å². The number of carbonyl (C=O) groups is 1. The predicted octanol–water partition coefficient (Wildman–Crippen LogP) is 4.44. The van der Waals surface area contributed by atoms with Crippen LogP contribution in [-0.4, -0.2) is 55.4 Å². The molecule has 2 heterocycles. The molecule has 0 N–H and O–H groups in total. The van der Waals surface area contributed by atoms with E-state index in [-0.39, 0.29) is 5.97 Å². The van der Waals surface area contributed by atoms with Gasteiger partial charge in [-0.05, 0) is 62.1 Å². The van der Waals surface area contributed by atoms with E-state index in [9.17, 15) is 4.79 Å². The summed E-state index contributed by atoms with van der Waals surface area (Å²) in [6.45, 7) is 6.23. The molecule has 1 atom stereocenters. The highest BCUT2D eigenvalue weighted by Crippen LogP contribution is 2.29. The predicted molar refractivity (Wildman–Crippen MR) is 124 cm³/mol. The number of nitrogens with zero attached hydrogens (tertiary/aromatic N) is 2. The smallest absolute Gasteiger partial charge is 0.337 e. The lowest BCUT2D eigenvalue weighted by Gasteiger charge is -2.24. The Morgan fingerprint density at radius 1 is 1.06 bits per heavy atom. The quantitative estimate of drug-likeness (QED) is 0.506. The lowest BCUT2D eigenvalue weighted by atomic mass is 10.0. The summed E-state index contributed by atoms with van der Waals surface area (Å²) in [7, 11) is 3.21. The molecule has 0 aliphatic carbocycles. The lowest BCUT2D eigenvalue weighted by Crippen LogP contribution is -2.35. The van der Waals surface area contributed by atoms with Crippen molar-refractivity contribution in [3.8, 4) is 0 Å². The van der Waals surface area contributed by atoms with Crippen LogP contribution in [0.2, 0.25) is 0 Å². The van der Waals surface area contributed by atoms with Gasteiger partial charge >= 0.3 is 5.97 Å². The number of methoxy groups -OCH3 is 2. The highest BCUT2D eigenvalue weighted by Gasteiger charge is 2.24. The number of esters is 1. The molecule has 5 nitrogen and oxygen atoms in total. The summed E-state index contributed by atoms with van der Waals surface area (Å²) in [5.74, 6) is -0.298. The Hall–Kier alpha value is -2.63. The van der Waals surface area contributed by atoms with Crippen LogP contribution in [0.15, 0.2) is 48.5 Å². The van der Waals surface area contributed by atoms with Crippen LogP contribution in [-0.2, 0) is 22.4 Å². The Morgan fingerprint density at radius 3 is 2.58 bits per heavy atom. The maximum atomic E-state index is 11.7. The summed E-state index contributed by atoms with van der Waals surface area (Å²) in [4.78, 5) is 14.3. The number of benzene rings is 2. The van der Waals surface area contributed by atoms with Crippen LogP contribution in [0.25, 0.3) is 10.9 Å². The molecule has 0 bridgehead atoms. The van der Waals surface area contributed by atoms with Gasteiger partial charge in [-0.3, -0.25) is 4.90 Å². The number of hydrogen-bond acceptors (Lipinski definition) is 4. The molecule has 0 spiro atoms. The van der Waals surface area contributed by atoms with Crippen molar-refractivity contribution >= 4 is 16.9 Å². The van der Waals surface area contributed by atoms with E-state index in [4.69, 9.17) is 9.47 Å². The summed E-state index contributed by atoms with van der Waals surface area (Å²) in [6.07, 6.45) is 3.33. The van der Waals surface area contributed by atoms with Crippen LogP contribution in [0.3, 0.4) is 0 Å². The highest BCUT2D eigenvalue weighted by atomic mass is 16.5.